The predicted molar refractivity (Wildman–Crippen MR) is 71.1 cm³/mol. The Labute approximate surface area is 106 Å². The third-order valence-electron chi connectivity index (χ3n) is 3.70. The molecule has 5 nitrogen and oxygen atoms in total. The van der Waals surface area contributed by atoms with Crippen LogP contribution in [0.15, 0.2) is 9.59 Å². The molecule has 1 aromatic heterocycles. The normalized spacial score (nSPS) is 12.9. The van der Waals surface area contributed by atoms with Crippen molar-refractivity contribution in [2.75, 3.05) is 0 Å². The molecule has 0 spiro atoms. The smallest absolute Gasteiger partial charge is 0.331 e. The lowest BCUT2D eigenvalue weighted by molar-refractivity contribution is 0.283. The maximum Gasteiger partial charge on any atom is 0.331 e. The first-order valence-corrected chi connectivity index (χ1v) is 6.54. The number of aromatic hydroxyl groups is 1. The van der Waals surface area contributed by atoms with E-state index in [1.54, 1.807) is 6.92 Å². The molecule has 1 rings (SSSR count). The first-order valence-electron chi connectivity index (χ1n) is 6.54. The van der Waals surface area contributed by atoms with Crippen molar-refractivity contribution >= 4 is 0 Å². The molecule has 0 aliphatic rings. The van der Waals surface area contributed by atoms with Gasteiger partial charge in [-0.1, -0.05) is 33.6 Å². The molecule has 1 heterocycles. The van der Waals surface area contributed by atoms with Gasteiger partial charge < -0.3 is 5.11 Å². The molecule has 0 aliphatic carbocycles. The number of nitrogens with zero attached hydrogens (tertiary/aromatic N) is 1. The lowest BCUT2D eigenvalue weighted by atomic mass is 9.95. The van der Waals surface area contributed by atoms with Crippen molar-refractivity contribution in [1.29, 1.82) is 0 Å². The van der Waals surface area contributed by atoms with Crippen molar-refractivity contribution in [2.24, 2.45) is 5.92 Å². The van der Waals surface area contributed by atoms with Gasteiger partial charge in [-0.15, -0.1) is 0 Å². The zero-order chi connectivity index (χ0) is 13.9. The number of hydrogen-bond donors (Lipinski definition) is 2. The Bertz CT molecular complexity index is 512. The number of H-pyrrole nitrogens is 1. The van der Waals surface area contributed by atoms with Crippen molar-refractivity contribution in [3.8, 4) is 5.88 Å². The highest BCUT2D eigenvalue weighted by molar-refractivity contribution is 5.23. The van der Waals surface area contributed by atoms with Gasteiger partial charge in [-0.2, -0.15) is 0 Å². The monoisotopic (exact) mass is 254 g/mol. The van der Waals surface area contributed by atoms with Gasteiger partial charge in [-0.25, -0.2) is 4.79 Å². The summed E-state index contributed by atoms with van der Waals surface area (Å²) in [6.07, 6.45) is 2.24. The molecule has 0 saturated heterocycles. The molecule has 1 atom stereocenters. The van der Waals surface area contributed by atoms with E-state index in [2.05, 4.69) is 18.8 Å². The second-order valence-corrected chi connectivity index (χ2v) is 4.60. The summed E-state index contributed by atoms with van der Waals surface area (Å²) in [4.78, 5) is 25.7. The highest BCUT2D eigenvalue weighted by atomic mass is 16.3. The highest BCUT2D eigenvalue weighted by Crippen LogP contribution is 2.26. The van der Waals surface area contributed by atoms with Crippen LogP contribution in [0.1, 0.15) is 52.1 Å². The Morgan fingerprint density at radius 2 is 1.78 bits per heavy atom. The molecule has 5 heteroatoms. The Morgan fingerprint density at radius 1 is 1.22 bits per heavy atom. The van der Waals surface area contributed by atoms with Gasteiger partial charge in [0.2, 0.25) is 5.88 Å². The fourth-order valence-electron chi connectivity index (χ4n) is 2.45. The van der Waals surface area contributed by atoms with Gasteiger partial charge in [0.1, 0.15) is 0 Å². The van der Waals surface area contributed by atoms with Gasteiger partial charge in [0.15, 0.2) is 0 Å². The summed E-state index contributed by atoms with van der Waals surface area (Å²) in [6.45, 7) is 7.79. The van der Waals surface area contributed by atoms with Crippen LogP contribution in [0, 0.1) is 5.92 Å². The molecule has 0 fully saturated rings. The first-order chi connectivity index (χ1) is 8.47. The molecule has 0 amide bonds. The van der Waals surface area contributed by atoms with Crippen LogP contribution in [0.5, 0.6) is 5.88 Å². The van der Waals surface area contributed by atoms with Crippen molar-refractivity contribution in [1.82, 2.24) is 9.55 Å². The van der Waals surface area contributed by atoms with Crippen molar-refractivity contribution in [3.05, 3.63) is 26.4 Å². The van der Waals surface area contributed by atoms with Gasteiger partial charge in [0.05, 0.1) is 5.56 Å². The lowest BCUT2D eigenvalue weighted by Gasteiger charge is -2.24. The Morgan fingerprint density at radius 3 is 2.22 bits per heavy atom. The van der Waals surface area contributed by atoms with Crippen LogP contribution in [-0.2, 0) is 6.42 Å². The lowest BCUT2D eigenvalue weighted by Crippen LogP contribution is -2.35. The van der Waals surface area contributed by atoms with E-state index in [0.29, 0.717) is 12.3 Å². The third-order valence-corrected chi connectivity index (χ3v) is 3.70. The molecule has 102 valence electrons. The van der Waals surface area contributed by atoms with Crippen LogP contribution in [0.4, 0.5) is 0 Å². The number of aromatic amines is 1. The number of rotatable bonds is 5. The van der Waals surface area contributed by atoms with Crippen LogP contribution in [-0.4, -0.2) is 14.7 Å². The Hall–Kier alpha value is -1.52. The predicted octanol–water partition coefficient (Wildman–Crippen LogP) is 1.80. The van der Waals surface area contributed by atoms with Crippen LogP contribution in [0.3, 0.4) is 0 Å². The second kappa shape index (κ2) is 5.89. The molecule has 0 radical (unpaired) electrons. The minimum Gasteiger partial charge on any atom is -0.494 e. The minimum absolute atomic E-state index is 0.130. The number of nitrogens with one attached hydrogen (secondary N) is 1. The Kier molecular flexibility index (Phi) is 4.76. The summed E-state index contributed by atoms with van der Waals surface area (Å²) < 4.78 is 1.30. The van der Waals surface area contributed by atoms with Gasteiger partial charge in [-0.05, 0) is 19.3 Å². The zero-order valence-electron chi connectivity index (χ0n) is 11.5. The van der Waals surface area contributed by atoms with E-state index in [0.717, 1.165) is 12.8 Å². The van der Waals surface area contributed by atoms with Crippen molar-refractivity contribution in [2.45, 2.75) is 53.0 Å². The standard InChI is InChI=1S/C13H22N2O3/c1-5-9(6-2)8(4)15-12(17)10(7-3)11(16)14-13(15)18/h8-9,17H,5-7H2,1-4H3,(H,14,16,18). The summed E-state index contributed by atoms with van der Waals surface area (Å²) in [5, 5.41) is 10.1. The molecule has 0 aliphatic heterocycles. The Balaban J connectivity index is 3.41. The molecule has 0 bridgehead atoms. The van der Waals surface area contributed by atoms with Gasteiger partial charge in [0.25, 0.3) is 5.56 Å². The third kappa shape index (κ3) is 2.49. The number of hydrogen-bond acceptors (Lipinski definition) is 3. The van der Waals surface area contributed by atoms with E-state index in [1.165, 1.54) is 4.57 Å². The first kappa shape index (κ1) is 14.5. The zero-order valence-corrected chi connectivity index (χ0v) is 11.5. The highest BCUT2D eigenvalue weighted by Gasteiger charge is 2.22. The van der Waals surface area contributed by atoms with Gasteiger partial charge in [-0.3, -0.25) is 14.3 Å². The largest absolute Gasteiger partial charge is 0.494 e. The van der Waals surface area contributed by atoms with Crippen LogP contribution in [0.25, 0.3) is 0 Å². The van der Waals surface area contributed by atoms with Crippen LogP contribution < -0.4 is 11.2 Å². The number of aromatic nitrogens is 2. The van der Waals surface area contributed by atoms with E-state index >= 15 is 0 Å². The second-order valence-electron chi connectivity index (χ2n) is 4.60. The average Bonchev–Trinajstić information content (AvgIpc) is 2.30. The molecule has 2 N–H and O–H groups in total. The van der Waals surface area contributed by atoms with Gasteiger partial charge >= 0.3 is 5.69 Å². The molecular formula is C13H22N2O3. The van der Waals surface area contributed by atoms with E-state index in [4.69, 9.17) is 0 Å². The maximum atomic E-state index is 11.9. The van der Waals surface area contributed by atoms with E-state index in [9.17, 15) is 14.7 Å². The molecule has 18 heavy (non-hydrogen) atoms. The SMILES string of the molecule is CCc1c(O)n(C(C)C(CC)CC)c(=O)[nH]c1=O. The average molecular weight is 254 g/mol. The quantitative estimate of drug-likeness (QED) is 0.841. The summed E-state index contributed by atoms with van der Waals surface area (Å²) >= 11 is 0. The summed E-state index contributed by atoms with van der Waals surface area (Å²) in [6, 6.07) is -0.130. The summed E-state index contributed by atoms with van der Waals surface area (Å²) in [5.41, 5.74) is -0.755. The fourth-order valence-corrected chi connectivity index (χ4v) is 2.45. The van der Waals surface area contributed by atoms with Crippen molar-refractivity contribution < 1.29 is 5.11 Å². The maximum absolute atomic E-state index is 11.9. The summed E-state index contributed by atoms with van der Waals surface area (Å²) in [5.74, 6) is 0.106. The van der Waals surface area contributed by atoms with Crippen LogP contribution >= 0.6 is 0 Å². The van der Waals surface area contributed by atoms with E-state index in [-0.39, 0.29) is 17.5 Å². The summed E-state index contributed by atoms with van der Waals surface area (Å²) in [7, 11) is 0. The molecule has 0 aromatic carbocycles. The van der Waals surface area contributed by atoms with Gasteiger partial charge in [0, 0.05) is 6.04 Å². The molecule has 1 unspecified atom stereocenters. The van der Waals surface area contributed by atoms with E-state index < -0.39 is 11.2 Å². The van der Waals surface area contributed by atoms with Crippen molar-refractivity contribution in [3.63, 3.8) is 0 Å². The fraction of sp³-hybridized carbons (Fsp3) is 0.692. The molecule has 1 aromatic rings. The molecule has 0 saturated carbocycles. The molecular weight excluding hydrogens is 232 g/mol. The van der Waals surface area contributed by atoms with E-state index in [1.807, 2.05) is 6.92 Å². The minimum atomic E-state index is -0.533. The van der Waals surface area contributed by atoms with Crippen LogP contribution in [0.2, 0.25) is 0 Å². The topological polar surface area (TPSA) is 75.1 Å².